The van der Waals surface area contributed by atoms with Crippen LogP contribution in [0.1, 0.15) is 5.56 Å². The first-order valence-electron chi connectivity index (χ1n) is 4.47. The molecule has 0 atom stereocenters. The van der Waals surface area contributed by atoms with E-state index in [1.54, 1.807) is 24.3 Å². The van der Waals surface area contributed by atoms with Crippen molar-refractivity contribution < 1.29 is 8.42 Å². The number of nitrogens with one attached hydrogen (secondary N) is 1. The zero-order valence-electron chi connectivity index (χ0n) is 8.74. The molecule has 0 aliphatic heterocycles. The Kier molecular flexibility index (Phi) is 3.89. The molecule has 1 aromatic carbocycles. The van der Waals surface area contributed by atoms with Gasteiger partial charge in [0.1, 0.15) is 0 Å². The Hall–Kier alpha value is -1.31. The summed E-state index contributed by atoms with van der Waals surface area (Å²) >= 11 is 0. The Morgan fingerprint density at radius 3 is 2.33 bits per heavy atom. The smallest absolute Gasteiger partial charge is 0.175 e. The van der Waals surface area contributed by atoms with Gasteiger partial charge in [0.25, 0.3) is 0 Å². The van der Waals surface area contributed by atoms with Gasteiger partial charge >= 0.3 is 0 Å². The minimum absolute atomic E-state index is 0.321. The molecule has 0 heterocycles. The van der Waals surface area contributed by atoms with Crippen LogP contribution >= 0.6 is 0 Å². The van der Waals surface area contributed by atoms with Gasteiger partial charge in [-0.2, -0.15) is 0 Å². The highest BCUT2D eigenvalue weighted by atomic mass is 32.2. The second-order valence-corrected chi connectivity index (χ2v) is 5.14. The van der Waals surface area contributed by atoms with E-state index in [4.69, 9.17) is 0 Å². The third-order valence-corrected chi connectivity index (χ3v) is 2.91. The van der Waals surface area contributed by atoms with Crippen molar-refractivity contribution in [2.24, 2.45) is 0 Å². The van der Waals surface area contributed by atoms with Crippen LogP contribution in [0.25, 0.3) is 0 Å². The van der Waals surface area contributed by atoms with Crippen molar-refractivity contribution in [1.82, 2.24) is 5.32 Å². The first kappa shape index (κ1) is 11.8. The molecule has 0 bridgehead atoms. The second kappa shape index (κ2) is 4.96. The lowest BCUT2D eigenvalue weighted by Crippen LogP contribution is -2.04. The summed E-state index contributed by atoms with van der Waals surface area (Å²) < 4.78 is 22.3. The van der Waals surface area contributed by atoms with Crippen LogP contribution < -0.4 is 5.32 Å². The van der Waals surface area contributed by atoms with Crippen molar-refractivity contribution in [3.8, 4) is 11.8 Å². The highest BCUT2D eigenvalue weighted by Gasteiger charge is 2.04. The first-order valence-corrected chi connectivity index (χ1v) is 6.37. The molecule has 0 amide bonds. The summed E-state index contributed by atoms with van der Waals surface area (Å²) in [5, 5.41) is 2.90. The summed E-state index contributed by atoms with van der Waals surface area (Å²) in [6.07, 6.45) is 1.19. The molecule has 1 N–H and O–H groups in total. The van der Waals surface area contributed by atoms with Crippen molar-refractivity contribution >= 4 is 9.84 Å². The van der Waals surface area contributed by atoms with E-state index in [1.807, 2.05) is 7.05 Å². The Bertz CT molecular complexity index is 478. The predicted octanol–water partition coefficient (Wildman–Crippen LogP) is 0.661. The molecule has 0 saturated heterocycles. The van der Waals surface area contributed by atoms with Crippen LogP contribution in [0.5, 0.6) is 0 Å². The molecule has 0 aliphatic rings. The fraction of sp³-hybridized carbons (Fsp3) is 0.273. The molecular formula is C11H13NO2S. The molecule has 15 heavy (non-hydrogen) atoms. The van der Waals surface area contributed by atoms with Crippen LogP contribution in [0, 0.1) is 11.8 Å². The Morgan fingerprint density at radius 2 is 1.87 bits per heavy atom. The summed E-state index contributed by atoms with van der Waals surface area (Å²) in [6, 6.07) is 6.55. The van der Waals surface area contributed by atoms with E-state index in [2.05, 4.69) is 17.2 Å². The molecule has 0 aliphatic carbocycles. The van der Waals surface area contributed by atoms with Gasteiger partial charge in [0, 0.05) is 11.8 Å². The number of hydrogen-bond donors (Lipinski definition) is 1. The Balaban J connectivity index is 2.88. The van der Waals surface area contributed by atoms with Crippen LogP contribution in [0.4, 0.5) is 0 Å². The van der Waals surface area contributed by atoms with E-state index in [9.17, 15) is 8.42 Å². The Labute approximate surface area is 90.4 Å². The van der Waals surface area contributed by atoms with Gasteiger partial charge in [-0.25, -0.2) is 8.42 Å². The van der Waals surface area contributed by atoms with Gasteiger partial charge < -0.3 is 5.32 Å². The normalized spacial score (nSPS) is 10.5. The van der Waals surface area contributed by atoms with Crippen LogP contribution in [0.2, 0.25) is 0 Å². The van der Waals surface area contributed by atoms with E-state index in [0.29, 0.717) is 11.4 Å². The van der Waals surface area contributed by atoms with Crippen molar-refractivity contribution in [3.63, 3.8) is 0 Å². The molecule has 80 valence electrons. The van der Waals surface area contributed by atoms with Gasteiger partial charge in [-0.05, 0) is 31.3 Å². The number of rotatable bonds is 2. The highest BCUT2D eigenvalue weighted by molar-refractivity contribution is 7.90. The number of benzene rings is 1. The number of hydrogen-bond acceptors (Lipinski definition) is 3. The van der Waals surface area contributed by atoms with E-state index in [1.165, 1.54) is 6.26 Å². The summed E-state index contributed by atoms with van der Waals surface area (Å²) in [5.41, 5.74) is 0.817. The zero-order chi connectivity index (χ0) is 11.3. The van der Waals surface area contributed by atoms with E-state index in [0.717, 1.165) is 5.56 Å². The molecule has 0 radical (unpaired) electrons. The fourth-order valence-electron chi connectivity index (χ4n) is 1.02. The third kappa shape index (κ3) is 3.74. The van der Waals surface area contributed by atoms with E-state index >= 15 is 0 Å². The SMILES string of the molecule is CNCC#Cc1ccc(S(C)(=O)=O)cc1. The average molecular weight is 223 g/mol. The molecule has 1 rings (SSSR count). The molecule has 0 fully saturated rings. The standard InChI is InChI=1S/C11H13NO2S/c1-12-9-3-4-10-5-7-11(8-6-10)15(2,13)14/h5-8,12H,9H2,1-2H3. The predicted molar refractivity (Wildman–Crippen MR) is 60.4 cm³/mol. The van der Waals surface area contributed by atoms with Gasteiger partial charge in [-0.3, -0.25) is 0 Å². The Morgan fingerprint density at radius 1 is 1.27 bits per heavy atom. The maximum Gasteiger partial charge on any atom is 0.175 e. The van der Waals surface area contributed by atoms with E-state index < -0.39 is 9.84 Å². The zero-order valence-corrected chi connectivity index (χ0v) is 9.56. The summed E-state index contributed by atoms with van der Waals surface area (Å²) in [6.45, 7) is 0.619. The molecule has 4 heteroatoms. The lowest BCUT2D eigenvalue weighted by Gasteiger charge is -1.97. The van der Waals surface area contributed by atoms with Crippen molar-refractivity contribution in [2.75, 3.05) is 19.8 Å². The van der Waals surface area contributed by atoms with Gasteiger partial charge in [0.2, 0.25) is 0 Å². The summed E-state index contributed by atoms with van der Waals surface area (Å²) in [4.78, 5) is 0.321. The van der Waals surface area contributed by atoms with Crippen LogP contribution in [-0.2, 0) is 9.84 Å². The summed E-state index contributed by atoms with van der Waals surface area (Å²) in [7, 11) is -1.28. The number of sulfone groups is 1. The maximum absolute atomic E-state index is 11.2. The quantitative estimate of drug-likeness (QED) is 0.749. The maximum atomic E-state index is 11.2. The molecule has 0 unspecified atom stereocenters. The molecular weight excluding hydrogens is 210 g/mol. The third-order valence-electron chi connectivity index (χ3n) is 1.78. The van der Waals surface area contributed by atoms with Crippen LogP contribution in [-0.4, -0.2) is 28.3 Å². The minimum Gasteiger partial charge on any atom is -0.309 e. The molecule has 0 aromatic heterocycles. The van der Waals surface area contributed by atoms with Crippen LogP contribution in [0.3, 0.4) is 0 Å². The van der Waals surface area contributed by atoms with Gasteiger partial charge in [-0.1, -0.05) is 11.8 Å². The molecule has 3 nitrogen and oxygen atoms in total. The average Bonchev–Trinajstić information content (AvgIpc) is 2.18. The molecule has 0 spiro atoms. The minimum atomic E-state index is -3.11. The second-order valence-electron chi connectivity index (χ2n) is 3.13. The van der Waals surface area contributed by atoms with Gasteiger partial charge in [0.05, 0.1) is 11.4 Å². The first-order chi connectivity index (χ1) is 7.04. The molecule has 0 saturated carbocycles. The van der Waals surface area contributed by atoms with Crippen LogP contribution in [0.15, 0.2) is 29.2 Å². The van der Waals surface area contributed by atoms with Crippen molar-refractivity contribution in [3.05, 3.63) is 29.8 Å². The van der Waals surface area contributed by atoms with Crippen molar-refractivity contribution in [1.29, 1.82) is 0 Å². The fourth-order valence-corrected chi connectivity index (χ4v) is 1.65. The topological polar surface area (TPSA) is 46.2 Å². The van der Waals surface area contributed by atoms with Gasteiger partial charge in [-0.15, -0.1) is 0 Å². The lowest BCUT2D eigenvalue weighted by molar-refractivity contribution is 0.602. The lowest BCUT2D eigenvalue weighted by atomic mass is 10.2. The highest BCUT2D eigenvalue weighted by Crippen LogP contribution is 2.09. The van der Waals surface area contributed by atoms with Crippen molar-refractivity contribution in [2.45, 2.75) is 4.90 Å². The summed E-state index contributed by atoms with van der Waals surface area (Å²) in [5.74, 6) is 5.82. The van der Waals surface area contributed by atoms with E-state index in [-0.39, 0.29) is 0 Å². The molecule has 1 aromatic rings. The largest absolute Gasteiger partial charge is 0.309 e. The monoisotopic (exact) mass is 223 g/mol. The van der Waals surface area contributed by atoms with Gasteiger partial charge in [0.15, 0.2) is 9.84 Å².